The first-order valence-corrected chi connectivity index (χ1v) is 19.1. The molecule has 2 nitrogen and oxygen atoms in total. The molecule has 0 amide bonds. The molecule has 0 radical (unpaired) electrons. The number of hydrogen-bond acceptors (Lipinski definition) is 2. The molecule has 4 aliphatic rings. The van der Waals surface area contributed by atoms with Crippen molar-refractivity contribution in [3.8, 4) is 35.8 Å². The van der Waals surface area contributed by atoms with Crippen LogP contribution in [0.2, 0.25) is 0 Å². The van der Waals surface area contributed by atoms with Crippen molar-refractivity contribution in [2.45, 2.75) is 123 Å². The van der Waals surface area contributed by atoms with Gasteiger partial charge in [0.15, 0.2) is 0 Å². The summed E-state index contributed by atoms with van der Waals surface area (Å²) >= 11 is 0. The summed E-state index contributed by atoms with van der Waals surface area (Å²) < 4.78 is 0. The molecule has 0 saturated heterocycles. The van der Waals surface area contributed by atoms with Gasteiger partial charge in [-0.05, 0) is 161 Å². The van der Waals surface area contributed by atoms with Crippen molar-refractivity contribution < 1.29 is 0 Å². The maximum atomic E-state index is 8.84. The molecule has 0 bridgehead atoms. The fraction of sp³-hybridized carbons (Fsp3) is 0.600. The van der Waals surface area contributed by atoms with E-state index in [-0.39, 0.29) is 0 Å². The molecule has 0 spiro atoms. The fourth-order valence-corrected chi connectivity index (χ4v) is 8.92. The van der Waals surface area contributed by atoms with Crippen LogP contribution in [0.1, 0.15) is 145 Å². The highest BCUT2D eigenvalue weighted by atomic mass is 14.4. The summed E-state index contributed by atoms with van der Waals surface area (Å²) in [6, 6.07) is 19.6. The van der Waals surface area contributed by atoms with Gasteiger partial charge in [-0.2, -0.15) is 10.5 Å². The van der Waals surface area contributed by atoms with Crippen LogP contribution in [0.4, 0.5) is 0 Å². The smallest absolute Gasteiger partial charge is 0.0991 e. The van der Waals surface area contributed by atoms with Gasteiger partial charge in [-0.1, -0.05) is 69.6 Å². The van der Waals surface area contributed by atoms with Gasteiger partial charge in [0.05, 0.1) is 23.3 Å². The van der Waals surface area contributed by atoms with Gasteiger partial charge < -0.3 is 0 Å². The molecular formula is C45H56N2. The predicted octanol–water partition coefficient (Wildman–Crippen LogP) is 11.5. The summed E-state index contributed by atoms with van der Waals surface area (Å²) in [6.07, 6.45) is 23.7. The number of hydrogen-bond donors (Lipinski definition) is 0. The van der Waals surface area contributed by atoms with E-state index in [0.29, 0.717) is 23.0 Å². The van der Waals surface area contributed by atoms with Crippen molar-refractivity contribution in [2.24, 2.45) is 47.3 Å². The molecule has 0 heterocycles. The van der Waals surface area contributed by atoms with E-state index in [9.17, 15) is 0 Å². The van der Waals surface area contributed by atoms with Gasteiger partial charge in [0.1, 0.15) is 0 Å². The molecule has 0 aromatic heterocycles. The lowest BCUT2D eigenvalue weighted by Gasteiger charge is -2.36. The van der Waals surface area contributed by atoms with Crippen molar-refractivity contribution in [3.05, 3.63) is 70.8 Å². The molecule has 2 heteroatoms. The van der Waals surface area contributed by atoms with E-state index in [2.05, 4.69) is 49.7 Å². The van der Waals surface area contributed by atoms with Gasteiger partial charge in [0, 0.05) is 23.0 Å². The average Bonchev–Trinajstić information content (AvgIpc) is 3.14. The molecule has 4 fully saturated rings. The van der Waals surface area contributed by atoms with Crippen molar-refractivity contribution in [1.29, 1.82) is 10.5 Å². The lowest BCUT2D eigenvalue weighted by atomic mass is 9.69. The van der Waals surface area contributed by atoms with Crippen LogP contribution in [0.25, 0.3) is 0 Å². The summed E-state index contributed by atoms with van der Waals surface area (Å²) in [5, 5.41) is 17.7. The average molecular weight is 625 g/mol. The third-order valence-electron chi connectivity index (χ3n) is 12.3. The lowest BCUT2D eigenvalue weighted by Crippen LogP contribution is -2.25. The standard InChI is InChI=1S/C23H29N.C22H27N/c1-2-18-9-13-22(14-10-18)23-15-11-20(12-16-23)4-3-19-5-7-21(17-24)8-6-19;1-17-2-12-21(13-3-17)22-14-10-19(11-15-22)5-4-18-6-8-20(16-23)9-7-18/h5-8,18,20,22-23H,2,9-16H2,1H3;6-9,17,19,21-22H,2-3,10-15H2,1H3/t18-,20?,22-,23?;17-,19?,21-,22?. The van der Waals surface area contributed by atoms with Gasteiger partial charge in [0.2, 0.25) is 0 Å². The lowest BCUT2D eigenvalue weighted by molar-refractivity contribution is 0.156. The Morgan fingerprint density at radius 3 is 1.13 bits per heavy atom. The monoisotopic (exact) mass is 624 g/mol. The van der Waals surface area contributed by atoms with E-state index in [1.165, 1.54) is 109 Å². The topological polar surface area (TPSA) is 47.6 Å². The molecule has 0 unspecified atom stereocenters. The van der Waals surface area contributed by atoms with Gasteiger partial charge >= 0.3 is 0 Å². The number of nitriles is 2. The second kappa shape index (κ2) is 18.2. The Balaban J connectivity index is 0.000000185. The third kappa shape index (κ3) is 10.8. The van der Waals surface area contributed by atoms with Crippen LogP contribution in [0.3, 0.4) is 0 Å². The molecule has 0 N–H and O–H groups in total. The van der Waals surface area contributed by atoms with Crippen molar-refractivity contribution in [1.82, 2.24) is 0 Å². The first kappa shape index (κ1) is 34.9. The van der Waals surface area contributed by atoms with E-state index >= 15 is 0 Å². The first-order chi connectivity index (χ1) is 23.0. The van der Waals surface area contributed by atoms with E-state index in [1.54, 1.807) is 0 Å². The van der Waals surface area contributed by atoms with Crippen molar-refractivity contribution >= 4 is 0 Å². The predicted molar refractivity (Wildman–Crippen MR) is 194 cm³/mol. The SMILES string of the molecule is CC[C@H]1CC[C@H](C2CCC(C#Cc3ccc(C#N)cc3)CC2)CC1.C[C@H]1CC[C@H](C2CCC(C#Cc3ccc(C#N)cc3)CC2)CC1. The summed E-state index contributed by atoms with van der Waals surface area (Å²) in [6.45, 7) is 4.76. The quantitative estimate of drug-likeness (QED) is 0.319. The van der Waals surface area contributed by atoms with Gasteiger partial charge in [-0.15, -0.1) is 0 Å². The minimum Gasteiger partial charge on any atom is -0.192 e. The molecule has 47 heavy (non-hydrogen) atoms. The zero-order valence-electron chi connectivity index (χ0n) is 29.2. The Bertz CT molecular complexity index is 1430. The molecule has 246 valence electrons. The highest BCUT2D eigenvalue weighted by Crippen LogP contribution is 2.42. The Morgan fingerprint density at radius 1 is 0.468 bits per heavy atom. The Kier molecular flexibility index (Phi) is 13.5. The Labute approximate surface area is 286 Å². The van der Waals surface area contributed by atoms with Gasteiger partial charge in [-0.25, -0.2) is 0 Å². The maximum absolute atomic E-state index is 8.84. The van der Waals surface area contributed by atoms with E-state index in [1.807, 2.05) is 48.5 Å². The Morgan fingerprint density at radius 2 is 0.787 bits per heavy atom. The summed E-state index contributed by atoms with van der Waals surface area (Å²) in [5.74, 6) is 20.6. The van der Waals surface area contributed by atoms with Crippen LogP contribution in [-0.4, -0.2) is 0 Å². The minimum atomic E-state index is 0.573. The van der Waals surface area contributed by atoms with Gasteiger partial charge in [-0.3, -0.25) is 0 Å². The second-order valence-electron chi connectivity index (χ2n) is 15.3. The highest BCUT2D eigenvalue weighted by molar-refractivity contribution is 5.41. The van der Waals surface area contributed by atoms with Crippen LogP contribution in [-0.2, 0) is 0 Å². The summed E-state index contributed by atoms with van der Waals surface area (Å²) in [7, 11) is 0. The first-order valence-electron chi connectivity index (χ1n) is 19.1. The minimum absolute atomic E-state index is 0.573. The van der Waals surface area contributed by atoms with E-state index in [0.717, 1.165) is 46.6 Å². The molecule has 4 saturated carbocycles. The summed E-state index contributed by atoms with van der Waals surface area (Å²) in [5.41, 5.74) is 3.48. The molecule has 6 rings (SSSR count). The molecule has 0 aliphatic heterocycles. The van der Waals surface area contributed by atoms with Crippen LogP contribution in [0.15, 0.2) is 48.5 Å². The van der Waals surface area contributed by atoms with Crippen LogP contribution in [0, 0.1) is 93.7 Å². The zero-order valence-corrected chi connectivity index (χ0v) is 29.2. The largest absolute Gasteiger partial charge is 0.192 e. The van der Waals surface area contributed by atoms with Crippen molar-refractivity contribution in [2.75, 3.05) is 0 Å². The molecular weight excluding hydrogens is 569 g/mol. The van der Waals surface area contributed by atoms with E-state index < -0.39 is 0 Å². The van der Waals surface area contributed by atoms with Gasteiger partial charge in [0.25, 0.3) is 0 Å². The van der Waals surface area contributed by atoms with Crippen LogP contribution < -0.4 is 0 Å². The number of nitrogens with zero attached hydrogens (tertiary/aromatic N) is 2. The molecule has 4 aliphatic carbocycles. The van der Waals surface area contributed by atoms with E-state index in [4.69, 9.17) is 10.5 Å². The second-order valence-corrected chi connectivity index (χ2v) is 15.3. The molecule has 0 atom stereocenters. The summed E-state index contributed by atoms with van der Waals surface area (Å²) in [4.78, 5) is 0. The van der Waals surface area contributed by atoms with Crippen molar-refractivity contribution in [3.63, 3.8) is 0 Å². The number of rotatable bonds is 3. The molecule has 2 aromatic carbocycles. The zero-order chi connectivity index (χ0) is 32.8. The fourth-order valence-electron chi connectivity index (χ4n) is 8.92. The highest BCUT2D eigenvalue weighted by Gasteiger charge is 2.31. The maximum Gasteiger partial charge on any atom is 0.0991 e. The third-order valence-corrected chi connectivity index (χ3v) is 12.3. The van der Waals surface area contributed by atoms with Crippen LogP contribution >= 0.6 is 0 Å². The van der Waals surface area contributed by atoms with Crippen LogP contribution in [0.5, 0.6) is 0 Å². The Hall–Kier alpha value is -3.46. The normalized spacial score (nSPS) is 30.4. The number of benzene rings is 2. The molecule has 2 aromatic rings.